The molecule has 0 spiro atoms. The fraction of sp³-hybridized carbons (Fsp3) is 0.609. The number of benzene rings is 1. The lowest BCUT2D eigenvalue weighted by Crippen LogP contribution is -2.62. The summed E-state index contributed by atoms with van der Waals surface area (Å²) in [4.78, 5) is 25.6. The minimum Gasteiger partial charge on any atom is -0.497 e. The Bertz CT molecular complexity index is 1050. The standard InChI is InChI=1S/C23H30N6O4S/c1-13(34-22-26-27-28-29(22)18-9-17(32-2)4-5-19(18)33-3)20(30)24-21(31)25-23-10-14-6-15(11-23)8-16(7-14)12-23/h4-5,9,13-16H,6-8,10-12H2,1-3H3,(H2,24,25,30,31). The fourth-order valence-electron chi connectivity index (χ4n) is 6.33. The topological polar surface area (TPSA) is 120 Å². The van der Waals surface area contributed by atoms with Gasteiger partial charge in [0.05, 0.1) is 19.5 Å². The van der Waals surface area contributed by atoms with E-state index >= 15 is 0 Å². The molecule has 2 N–H and O–H groups in total. The molecule has 1 aromatic carbocycles. The highest BCUT2D eigenvalue weighted by atomic mass is 32.2. The number of tetrazole rings is 1. The van der Waals surface area contributed by atoms with E-state index in [1.807, 2.05) is 0 Å². The van der Waals surface area contributed by atoms with Crippen LogP contribution in [0.1, 0.15) is 45.4 Å². The van der Waals surface area contributed by atoms with Gasteiger partial charge in [-0.15, -0.1) is 5.10 Å². The van der Waals surface area contributed by atoms with E-state index in [9.17, 15) is 9.59 Å². The smallest absolute Gasteiger partial charge is 0.321 e. The lowest BCUT2D eigenvalue weighted by Gasteiger charge is -2.56. The van der Waals surface area contributed by atoms with Crippen LogP contribution in [0.3, 0.4) is 0 Å². The summed E-state index contributed by atoms with van der Waals surface area (Å²) < 4.78 is 12.2. The second-order valence-electron chi connectivity index (χ2n) is 9.81. The molecule has 34 heavy (non-hydrogen) atoms. The molecule has 182 valence electrons. The van der Waals surface area contributed by atoms with E-state index in [1.165, 1.54) is 23.9 Å². The normalized spacial score (nSPS) is 27.8. The van der Waals surface area contributed by atoms with Gasteiger partial charge in [0.1, 0.15) is 17.2 Å². The first-order chi connectivity index (χ1) is 16.4. The molecule has 4 aliphatic carbocycles. The van der Waals surface area contributed by atoms with E-state index < -0.39 is 11.3 Å². The van der Waals surface area contributed by atoms with Gasteiger partial charge >= 0.3 is 6.03 Å². The maximum Gasteiger partial charge on any atom is 0.321 e. The number of thioether (sulfide) groups is 1. The van der Waals surface area contributed by atoms with Crippen molar-refractivity contribution in [3.05, 3.63) is 18.2 Å². The van der Waals surface area contributed by atoms with Gasteiger partial charge in [0, 0.05) is 11.6 Å². The van der Waals surface area contributed by atoms with Crippen molar-refractivity contribution in [1.29, 1.82) is 0 Å². The number of hydrogen-bond acceptors (Lipinski definition) is 8. The zero-order valence-corrected chi connectivity index (χ0v) is 20.4. The molecule has 6 rings (SSSR count). The Kier molecular flexibility index (Phi) is 6.13. The van der Waals surface area contributed by atoms with Crippen molar-refractivity contribution < 1.29 is 19.1 Å². The molecule has 4 saturated carbocycles. The lowest BCUT2D eigenvalue weighted by atomic mass is 9.53. The number of rotatable bonds is 7. The predicted octanol–water partition coefficient (Wildman–Crippen LogP) is 2.95. The molecule has 1 heterocycles. The van der Waals surface area contributed by atoms with Gasteiger partial charge < -0.3 is 14.8 Å². The van der Waals surface area contributed by atoms with Crippen LogP contribution in [-0.2, 0) is 4.79 Å². The lowest BCUT2D eigenvalue weighted by molar-refractivity contribution is -0.119. The van der Waals surface area contributed by atoms with Gasteiger partial charge in [-0.3, -0.25) is 10.1 Å². The number of ether oxygens (including phenoxy) is 2. The molecule has 3 amide bonds. The molecule has 4 aliphatic rings. The second-order valence-corrected chi connectivity index (χ2v) is 11.1. The third-order valence-electron chi connectivity index (χ3n) is 7.36. The van der Waals surface area contributed by atoms with E-state index in [0.29, 0.717) is 40.1 Å². The highest BCUT2D eigenvalue weighted by Gasteiger charge is 2.51. The number of nitrogens with one attached hydrogen (secondary N) is 2. The SMILES string of the molecule is COc1ccc(OC)c(-n2nnnc2SC(C)C(=O)NC(=O)NC23CC4CC(CC(C4)C2)C3)c1. The summed E-state index contributed by atoms with van der Waals surface area (Å²) in [5.74, 6) is 2.92. The first kappa shape index (κ1) is 22.9. The maximum atomic E-state index is 12.8. The Morgan fingerprint density at radius 2 is 1.79 bits per heavy atom. The number of aromatic nitrogens is 4. The predicted molar refractivity (Wildman–Crippen MR) is 125 cm³/mol. The Morgan fingerprint density at radius 1 is 1.12 bits per heavy atom. The van der Waals surface area contributed by atoms with Crippen molar-refractivity contribution in [2.24, 2.45) is 17.8 Å². The summed E-state index contributed by atoms with van der Waals surface area (Å²) in [6, 6.07) is 4.88. The molecular formula is C23H30N6O4S. The Morgan fingerprint density at radius 3 is 2.41 bits per heavy atom. The summed E-state index contributed by atoms with van der Waals surface area (Å²) in [5.41, 5.74) is 0.434. The number of amides is 3. The molecule has 2 aromatic rings. The van der Waals surface area contributed by atoms with Gasteiger partial charge in [-0.25, -0.2) is 4.79 Å². The van der Waals surface area contributed by atoms with Crippen molar-refractivity contribution in [2.45, 2.75) is 61.4 Å². The van der Waals surface area contributed by atoms with E-state index in [2.05, 4.69) is 26.2 Å². The van der Waals surface area contributed by atoms with E-state index in [-0.39, 0.29) is 11.4 Å². The van der Waals surface area contributed by atoms with Gasteiger partial charge in [0.15, 0.2) is 0 Å². The van der Waals surface area contributed by atoms with E-state index in [1.54, 1.807) is 39.3 Å². The number of urea groups is 1. The number of imide groups is 1. The highest BCUT2D eigenvalue weighted by Crippen LogP contribution is 2.55. The molecule has 0 radical (unpaired) electrons. The molecule has 0 aliphatic heterocycles. The van der Waals surface area contributed by atoms with Crippen LogP contribution in [0.4, 0.5) is 4.79 Å². The summed E-state index contributed by atoms with van der Waals surface area (Å²) in [6.07, 6.45) is 6.97. The number of carbonyl (C=O) groups excluding carboxylic acids is 2. The zero-order chi connectivity index (χ0) is 23.9. The third kappa shape index (κ3) is 4.45. The van der Waals surface area contributed by atoms with Crippen LogP contribution in [0.25, 0.3) is 5.69 Å². The number of nitrogens with zero attached hydrogens (tertiary/aromatic N) is 4. The van der Waals surface area contributed by atoms with Crippen molar-refractivity contribution >= 4 is 23.7 Å². The molecule has 1 unspecified atom stereocenters. The zero-order valence-electron chi connectivity index (χ0n) is 19.6. The van der Waals surface area contributed by atoms with Crippen LogP contribution in [0, 0.1) is 17.8 Å². The molecule has 1 atom stereocenters. The van der Waals surface area contributed by atoms with Crippen LogP contribution >= 0.6 is 11.8 Å². The summed E-state index contributed by atoms with van der Waals surface area (Å²) in [5, 5.41) is 17.4. The van der Waals surface area contributed by atoms with E-state index in [0.717, 1.165) is 31.0 Å². The number of hydrogen-bond donors (Lipinski definition) is 2. The van der Waals surface area contributed by atoms with Crippen molar-refractivity contribution in [3.8, 4) is 17.2 Å². The monoisotopic (exact) mass is 486 g/mol. The average molecular weight is 487 g/mol. The maximum absolute atomic E-state index is 12.8. The van der Waals surface area contributed by atoms with Crippen LogP contribution in [-0.4, -0.2) is 57.2 Å². The first-order valence-electron chi connectivity index (χ1n) is 11.7. The number of methoxy groups -OCH3 is 2. The average Bonchev–Trinajstić information content (AvgIpc) is 3.25. The van der Waals surface area contributed by atoms with Crippen molar-refractivity contribution in [1.82, 2.24) is 30.8 Å². The molecule has 1 aromatic heterocycles. The summed E-state index contributed by atoms with van der Waals surface area (Å²) >= 11 is 1.16. The first-order valence-corrected chi connectivity index (χ1v) is 12.6. The molecule has 11 heteroatoms. The van der Waals surface area contributed by atoms with Crippen LogP contribution in [0.2, 0.25) is 0 Å². The van der Waals surface area contributed by atoms with Gasteiger partial charge in [-0.1, -0.05) is 11.8 Å². The Hall–Kier alpha value is -2.82. The summed E-state index contributed by atoms with van der Waals surface area (Å²) in [7, 11) is 3.13. The van der Waals surface area contributed by atoms with Crippen molar-refractivity contribution in [2.75, 3.05) is 14.2 Å². The molecule has 4 fully saturated rings. The molecule has 0 saturated heterocycles. The van der Waals surface area contributed by atoms with Gasteiger partial charge in [0.2, 0.25) is 11.1 Å². The van der Waals surface area contributed by atoms with Gasteiger partial charge in [0.25, 0.3) is 0 Å². The third-order valence-corrected chi connectivity index (χ3v) is 8.39. The Labute approximate surface area is 202 Å². The van der Waals surface area contributed by atoms with Gasteiger partial charge in [-0.05, 0) is 85.8 Å². The van der Waals surface area contributed by atoms with E-state index in [4.69, 9.17) is 9.47 Å². The minimum absolute atomic E-state index is 0.150. The highest BCUT2D eigenvalue weighted by molar-refractivity contribution is 8.00. The minimum atomic E-state index is -0.594. The van der Waals surface area contributed by atoms with Crippen LogP contribution in [0.5, 0.6) is 11.5 Å². The number of carbonyl (C=O) groups is 2. The molecular weight excluding hydrogens is 456 g/mol. The molecule has 10 nitrogen and oxygen atoms in total. The largest absolute Gasteiger partial charge is 0.497 e. The quantitative estimate of drug-likeness (QED) is 0.573. The molecule has 4 bridgehead atoms. The van der Waals surface area contributed by atoms with Crippen LogP contribution < -0.4 is 20.1 Å². The van der Waals surface area contributed by atoms with Crippen LogP contribution in [0.15, 0.2) is 23.4 Å². The fourth-order valence-corrected chi connectivity index (χ4v) is 7.13. The van der Waals surface area contributed by atoms with Gasteiger partial charge in [-0.2, -0.15) is 4.68 Å². The van der Waals surface area contributed by atoms with Crippen molar-refractivity contribution in [3.63, 3.8) is 0 Å². The Balaban J connectivity index is 1.23. The summed E-state index contributed by atoms with van der Waals surface area (Å²) in [6.45, 7) is 1.72. The second kappa shape index (κ2) is 9.09.